The maximum absolute atomic E-state index is 13.5. The zero-order chi connectivity index (χ0) is 19.9. The number of ether oxygens (including phenoxy) is 1. The molecular formula is C14H11ClF3N3O4S. The Bertz CT molecular complexity index is 989. The van der Waals surface area contributed by atoms with Crippen LogP contribution in [0.5, 0.6) is 0 Å². The van der Waals surface area contributed by atoms with Gasteiger partial charge in [0.2, 0.25) is 0 Å². The average molecular weight is 410 g/mol. The van der Waals surface area contributed by atoms with Crippen LogP contribution in [0.15, 0.2) is 29.1 Å². The highest BCUT2D eigenvalue weighted by atomic mass is 35.5. The number of carbonyl (C=O) groups is 1. The number of methoxy groups -OCH3 is 1. The number of carbonyl (C=O) groups excluding carboxylic acids is 1. The molecule has 0 saturated heterocycles. The number of benzene rings is 1. The number of nitrogens with one attached hydrogen (secondary N) is 1. The number of halogens is 4. The Hall–Kier alpha value is -2.37. The number of aromatic amines is 1. The lowest BCUT2D eigenvalue weighted by atomic mass is 9.94. The molecule has 0 radical (unpaired) electrons. The van der Waals surface area contributed by atoms with Crippen molar-refractivity contribution < 1.29 is 27.8 Å². The lowest BCUT2D eigenvalue weighted by Gasteiger charge is -2.29. The van der Waals surface area contributed by atoms with E-state index in [1.165, 1.54) is 18.2 Å². The Morgan fingerprint density at radius 3 is 2.46 bits per heavy atom. The van der Waals surface area contributed by atoms with Crippen LogP contribution in [0.1, 0.15) is 5.56 Å². The summed E-state index contributed by atoms with van der Waals surface area (Å²) < 4.78 is 44.9. The minimum atomic E-state index is -5.61. The zero-order valence-corrected chi connectivity index (χ0v) is 14.5. The number of nitrogen functional groups attached to an aromatic ring is 1. The fraction of sp³-hybridized carbons (Fsp3) is 0.214. The number of hydrogen-bond donors (Lipinski definition) is 3. The average Bonchev–Trinajstić information content (AvgIpc) is 2.54. The van der Waals surface area contributed by atoms with Crippen LogP contribution in [0.25, 0.3) is 5.69 Å². The molecule has 26 heavy (non-hydrogen) atoms. The van der Waals surface area contributed by atoms with E-state index in [4.69, 9.17) is 29.6 Å². The molecule has 1 unspecified atom stereocenters. The van der Waals surface area contributed by atoms with E-state index in [0.717, 1.165) is 4.57 Å². The molecule has 4 N–H and O–H groups in total. The number of nitrogens with zero attached hydrogens (tertiary/aromatic N) is 1. The Kier molecular flexibility index (Phi) is 5.17. The number of hydrogen-bond acceptors (Lipinski definition) is 6. The van der Waals surface area contributed by atoms with Gasteiger partial charge < -0.3 is 15.6 Å². The molecule has 0 spiro atoms. The van der Waals surface area contributed by atoms with Gasteiger partial charge in [0.05, 0.1) is 17.8 Å². The predicted molar refractivity (Wildman–Crippen MR) is 88.6 cm³/mol. The van der Waals surface area contributed by atoms with E-state index in [0.29, 0.717) is 7.11 Å². The number of anilines is 1. The predicted octanol–water partition coefficient (Wildman–Crippen LogP) is 2.05. The number of aliphatic hydroxyl groups is 1. The molecule has 1 aromatic heterocycles. The highest BCUT2D eigenvalue weighted by molar-refractivity contribution is 7.71. The maximum Gasteiger partial charge on any atom is 0.432 e. The number of aromatic nitrogens is 2. The second kappa shape index (κ2) is 6.74. The summed E-state index contributed by atoms with van der Waals surface area (Å²) >= 11 is 10.9. The smallest absolute Gasteiger partial charge is 0.432 e. The van der Waals surface area contributed by atoms with Crippen molar-refractivity contribution in [3.05, 3.63) is 50.0 Å². The molecular weight excluding hydrogens is 399 g/mol. The number of esters is 1. The van der Waals surface area contributed by atoms with E-state index in [1.807, 2.05) is 4.98 Å². The molecule has 0 aliphatic heterocycles. The highest BCUT2D eigenvalue weighted by Gasteiger charge is 2.64. The molecule has 2 rings (SSSR count). The second-order valence-electron chi connectivity index (χ2n) is 5.01. The number of nitrogens with two attached hydrogens (primary N) is 1. The molecule has 7 nitrogen and oxygen atoms in total. The van der Waals surface area contributed by atoms with E-state index >= 15 is 0 Å². The van der Waals surface area contributed by atoms with E-state index in [2.05, 4.69) is 4.74 Å². The van der Waals surface area contributed by atoms with Crippen LogP contribution in [0.4, 0.5) is 19.0 Å². The molecule has 0 aliphatic rings. The second-order valence-corrected chi connectivity index (χ2v) is 5.80. The van der Waals surface area contributed by atoms with Gasteiger partial charge in [0.1, 0.15) is 11.4 Å². The minimum Gasteiger partial charge on any atom is -0.466 e. The monoisotopic (exact) mass is 409 g/mol. The van der Waals surface area contributed by atoms with E-state index < -0.39 is 39.5 Å². The van der Waals surface area contributed by atoms with Crippen LogP contribution in [0.3, 0.4) is 0 Å². The van der Waals surface area contributed by atoms with Gasteiger partial charge in [0, 0.05) is 0 Å². The third-order valence-electron chi connectivity index (χ3n) is 3.49. The summed E-state index contributed by atoms with van der Waals surface area (Å²) in [7, 11) is 0.618. The molecule has 1 heterocycles. The van der Waals surface area contributed by atoms with Crippen LogP contribution < -0.4 is 11.3 Å². The standard InChI is InChI=1S/C14H11ClF3N3O4S/c1-25-11(23)13(24,14(16,17)18)8-9(19)21(12(26)20-10(8)22)7-5-3-2-4-6(7)15/h2-5,24H,19H2,1H3,(H,20,22,26). The Labute approximate surface area is 153 Å². The van der Waals surface area contributed by atoms with E-state index in [-0.39, 0.29) is 10.7 Å². The van der Waals surface area contributed by atoms with E-state index in [1.54, 1.807) is 6.07 Å². The summed E-state index contributed by atoms with van der Waals surface area (Å²) in [6.45, 7) is 0. The van der Waals surface area contributed by atoms with Gasteiger partial charge in [-0.1, -0.05) is 23.7 Å². The molecule has 12 heteroatoms. The molecule has 1 atom stereocenters. The number of H-pyrrole nitrogens is 1. The zero-order valence-electron chi connectivity index (χ0n) is 12.9. The normalized spacial score (nSPS) is 13.9. The van der Waals surface area contributed by atoms with Crippen molar-refractivity contribution in [1.29, 1.82) is 0 Å². The summed E-state index contributed by atoms with van der Waals surface area (Å²) in [5, 5.41) is 10.1. The lowest BCUT2D eigenvalue weighted by molar-refractivity contribution is -0.267. The van der Waals surface area contributed by atoms with Crippen LogP contribution in [-0.4, -0.2) is 33.9 Å². The summed E-state index contributed by atoms with van der Waals surface area (Å²) in [4.78, 5) is 25.8. The fourth-order valence-electron chi connectivity index (χ4n) is 2.28. The van der Waals surface area contributed by atoms with Gasteiger partial charge in [-0.05, 0) is 24.4 Å². The van der Waals surface area contributed by atoms with Gasteiger partial charge in [0.25, 0.3) is 11.2 Å². The minimum absolute atomic E-state index is 0.0311. The molecule has 0 fully saturated rings. The summed E-state index contributed by atoms with van der Waals surface area (Å²) in [5.41, 5.74) is -1.55. The first-order valence-corrected chi connectivity index (χ1v) is 7.53. The SMILES string of the molecule is COC(=O)C(O)(c1c(N)n(-c2ccccc2Cl)c(=S)[nH]c1=O)C(F)(F)F. The Balaban J connectivity index is 2.98. The molecule has 0 bridgehead atoms. The van der Waals surface area contributed by atoms with Gasteiger partial charge in [0.15, 0.2) is 4.77 Å². The first-order valence-electron chi connectivity index (χ1n) is 6.74. The number of rotatable bonds is 3. The fourth-order valence-corrected chi connectivity index (χ4v) is 2.79. The quantitative estimate of drug-likeness (QED) is 0.528. The van der Waals surface area contributed by atoms with Crippen molar-refractivity contribution in [3.8, 4) is 5.69 Å². The topological polar surface area (TPSA) is 110 Å². The number of para-hydroxylation sites is 1. The molecule has 1 aromatic carbocycles. The van der Waals surface area contributed by atoms with Crippen LogP contribution in [-0.2, 0) is 15.1 Å². The third-order valence-corrected chi connectivity index (χ3v) is 4.10. The van der Waals surface area contributed by atoms with Crippen molar-refractivity contribution in [2.75, 3.05) is 12.8 Å². The van der Waals surface area contributed by atoms with Gasteiger partial charge in [-0.3, -0.25) is 14.3 Å². The Morgan fingerprint density at radius 2 is 1.96 bits per heavy atom. The first-order chi connectivity index (χ1) is 12.0. The summed E-state index contributed by atoms with van der Waals surface area (Å²) in [6, 6.07) is 5.79. The van der Waals surface area contributed by atoms with Crippen LogP contribution in [0, 0.1) is 4.77 Å². The summed E-state index contributed by atoms with van der Waals surface area (Å²) in [5.74, 6) is -3.05. The first kappa shape index (κ1) is 19.9. The molecule has 0 saturated carbocycles. The van der Waals surface area contributed by atoms with Crippen molar-refractivity contribution in [2.45, 2.75) is 11.8 Å². The Morgan fingerprint density at radius 1 is 1.38 bits per heavy atom. The van der Waals surface area contributed by atoms with Crippen molar-refractivity contribution >= 4 is 35.6 Å². The van der Waals surface area contributed by atoms with Crippen molar-refractivity contribution in [2.24, 2.45) is 0 Å². The maximum atomic E-state index is 13.5. The summed E-state index contributed by atoms with van der Waals surface area (Å²) in [6.07, 6.45) is -5.61. The number of alkyl halides is 3. The third kappa shape index (κ3) is 2.97. The van der Waals surface area contributed by atoms with Crippen LogP contribution in [0.2, 0.25) is 5.02 Å². The molecule has 140 valence electrons. The van der Waals surface area contributed by atoms with Gasteiger partial charge in [-0.2, -0.15) is 13.2 Å². The van der Waals surface area contributed by atoms with Gasteiger partial charge in [-0.15, -0.1) is 0 Å². The molecule has 0 aliphatic carbocycles. The lowest BCUT2D eigenvalue weighted by Crippen LogP contribution is -2.53. The van der Waals surface area contributed by atoms with E-state index in [9.17, 15) is 27.9 Å². The largest absolute Gasteiger partial charge is 0.466 e. The molecule has 0 amide bonds. The molecule has 2 aromatic rings. The van der Waals surface area contributed by atoms with Crippen molar-refractivity contribution in [3.63, 3.8) is 0 Å². The van der Waals surface area contributed by atoms with Gasteiger partial charge in [-0.25, -0.2) is 4.79 Å². The highest BCUT2D eigenvalue weighted by Crippen LogP contribution is 2.41. The van der Waals surface area contributed by atoms with Gasteiger partial charge >= 0.3 is 12.1 Å². The van der Waals surface area contributed by atoms with Crippen molar-refractivity contribution in [1.82, 2.24) is 9.55 Å². The van der Waals surface area contributed by atoms with Crippen LogP contribution >= 0.6 is 23.8 Å².